The molecule has 0 aliphatic heterocycles. The van der Waals surface area contributed by atoms with E-state index < -0.39 is 5.83 Å². The molecule has 0 nitrogen and oxygen atoms in total. The van der Waals surface area contributed by atoms with Crippen molar-refractivity contribution < 1.29 is 2.74 Å². The zero-order valence-electron chi connectivity index (χ0n) is 10.8. The van der Waals surface area contributed by atoms with Crippen molar-refractivity contribution in [1.82, 2.24) is 0 Å². The number of hydrogen-bond acceptors (Lipinski definition) is 0. The highest BCUT2D eigenvalue weighted by atomic mass is 35.5. The minimum absolute atomic E-state index is 0.513. The average molecular weight is 211 g/mol. The van der Waals surface area contributed by atoms with E-state index >= 15 is 0 Å². The molecule has 76 valence electrons. The van der Waals surface area contributed by atoms with E-state index in [4.69, 9.17) is 14.3 Å². The van der Waals surface area contributed by atoms with Crippen LogP contribution in [0.2, 0.25) is 0 Å². The summed E-state index contributed by atoms with van der Waals surface area (Å²) >= 11 is 5.58. The van der Waals surface area contributed by atoms with E-state index in [9.17, 15) is 0 Å². The van der Waals surface area contributed by atoms with E-state index in [1.807, 2.05) is 12.1 Å². The molecule has 1 aromatic carbocycles. The van der Waals surface area contributed by atoms with Crippen LogP contribution in [0.15, 0.2) is 29.8 Å². The standard InChI is InChI=1S/C13H17Cl/c1-10(2)13-6-4-12(5-7-13)8-11(3)9-14/h4-8,10H,9H2,1-3H3/b11-8+/i9D2. The van der Waals surface area contributed by atoms with Gasteiger partial charge in [-0.2, -0.15) is 0 Å². The lowest BCUT2D eigenvalue weighted by atomic mass is 10.0. The molecule has 0 aliphatic rings. The van der Waals surface area contributed by atoms with E-state index in [0.717, 1.165) is 5.56 Å². The minimum Gasteiger partial charge on any atom is -0.122 e. The second-order valence-electron chi connectivity index (χ2n) is 3.74. The molecule has 0 aromatic heterocycles. The number of benzene rings is 1. The van der Waals surface area contributed by atoms with Crippen LogP contribution >= 0.6 is 11.6 Å². The molecule has 0 saturated heterocycles. The third-order valence-corrected chi connectivity index (χ3v) is 2.43. The summed E-state index contributed by atoms with van der Waals surface area (Å²) in [4.78, 5) is 0. The van der Waals surface area contributed by atoms with Gasteiger partial charge in [0.2, 0.25) is 0 Å². The zero-order chi connectivity index (χ0) is 12.3. The highest BCUT2D eigenvalue weighted by molar-refractivity contribution is 6.19. The van der Waals surface area contributed by atoms with E-state index in [-0.39, 0.29) is 0 Å². The molecule has 0 radical (unpaired) electrons. The molecule has 0 fully saturated rings. The van der Waals surface area contributed by atoms with Gasteiger partial charge in [-0.3, -0.25) is 0 Å². The highest BCUT2D eigenvalue weighted by Crippen LogP contribution is 2.16. The molecule has 1 aromatic rings. The van der Waals surface area contributed by atoms with Gasteiger partial charge in [0.15, 0.2) is 0 Å². The Kier molecular flexibility index (Phi) is 3.18. The third kappa shape index (κ3) is 3.19. The Hall–Kier alpha value is -0.750. The second-order valence-corrected chi connectivity index (χ2v) is 3.93. The summed E-state index contributed by atoms with van der Waals surface area (Å²) in [7, 11) is 0. The van der Waals surface area contributed by atoms with Gasteiger partial charge in [-0.25, -0.2) is 0 Å². The first kappa shape index (κ1) is 8.55. The summed E-state index contributed by atoms with van der Waals surface area (Å²) in [5, 5.41) is 0. The first-order valence-corrected chi connectivity index (χ1v) is 5.16. The van der Waals surface area contributed by atoms with E-state index in [1.54, 1.807) is 13.0 Å². The summed E-state index contributed by atoms with van der Waals surface area (Å²) in [6.07, 6.45) is 1.77. The molecular weight excluding hydrogens is 192 g/mol. The van der Waals surface area contributed by atoms with Crippen molar-refractivity contribution in [3.05, 3.63) is 41.0 Å². The smallest absolute Gasteiger partial charge is 0.0482 e. The zero-order valence-corrected chi connectivity index (χ0v) is 9.60. The van der Waals surface area contributed by atoms with Crippen molar-refractivity contribution in [3.63, 3.8) is 0 Å². The summed E-state index contributed by atoms with van der Waals surface area (Å²) in [6.45, 7) is 5.99. The van der Waals surface area contributed by atoms with Crippen molar-refractivity contribution >= 4 is 17.7 Å². The van der Waals surface area contributed by atoms with E-state index in [1.165, 1.54) is 5.56 Å². The lowest BCUT2D eigenvalue weighted by Gasteiger charge is -2.05. The van der Waals surface area contributed by atoms with Gasteiger partial charge in [0.1, 0.15) is 0 Å². The summed E-state index contributed by atoms with van der Waals surface area (Å²) in [5.41, 5.74) is 2.78. The topological polar surface area (TPSA) is 0 Å². The van der Waals surface area contributed by atoms with E-state index in [0.29, 0.717) is 11.5 Å². The van der Waals surface area contributed by atoms with Gasteiger partial charge < -0.3 is 0 Å². The normalized spacial score (nSPS) is 15.4. The summed E-state index contributed by atoms with van der Waals surface area (Å²) in [6, 6.07) is 8.10. The Bertz CT molecular complexity index is 372. The number of halogens is 1. The molecule has 0 amide bonds. The van der Waals surface area contributed by atoms with Gasteiger partial charge in [-0.15, -0.1) is 11.6 Å². The molecule has 0 aliphatic carbocycles. The van der Waals surface area contributed by atoms with Crippen LogP contribution in [-0.2, 0) is 0 Å². The molecular formula is C13H17Cl. The van der Waals surface area contributed by atoms with Crippen LogP contribution in [0.4, 0.5) is 0 Å². The molecule has 0 spiro atoms. The van der Waals surface area contributed by atoms with Crippen molar-refractivity contribution in [3.8, 4) is 0 Å². The Labute approximate surface area is 94.4 Å². The van der Waals surface area contributed by atoms with Gasteiger partial charge in [0.05, 0.1) is 0 Å². The number of alkyl halides is 1. The molecule has 1 heteroatoms. The lowest BCUT2D eigenvalue weighted by molar-refractivity contribution is 0.866. The van der Waals surface area contributed by atoms with Gasteiger partial charge in [-0.05, 0) is 24.0 Å². The molecule has 0 N–H and O–H groups in total. The average Bonchev–Trinajstić information content (AvgIpc) is 2.17. The number of hydrogen-bond donors (Lipinski definition) is 0. The fourth-order valence-electron chi connectivity index (χ4n) is 1.25. The Morgan fingerprint density at radius 1 is 1.43 bits per heavy atom. The second kappa shape index (κ2) is 5.21. The van der Waals surface area contributed by atoms with Gasteiger partial charge in [-0.1, -0.05) is 49.8 Å². The molecule has 14 heavy (non-hydrogen) atoms. The molecule has 0 bridgehead atoms. The predicted molar refractivity (Wildman–Crippen MR) is 64.9 cm³/mol. The number of rotatable bonds is 3. The van der Waals surface area contributed by atoms with Gasteiger partial charge >= 0.3 is 0 Å². The van der Waals surface area contributed by atoms with Crippen molar-refractivity contribution in [2.24, 2.45) is 0 Å². The largest absolute Gasteiger partial charge is 0.122 e. The van der Waals surface area contributed by atoms with Crippen LogP contribution in [0, 0.1) is 0 Å². The maximum atomic E-state index is 7.36. The van der Waals surface area contributed by atoms with Gasteiger partial charge in [0, 0.05) is 8.57 Å². The summed E-state index contributed by atoms with van der Waals surface area (Å²) in [5.74, 6) is -1.25. The SMILES string of the molecule is [2H]C([2H])(Cl)/C(C)=C/c1ccc(C(C)C)cc1. The summed E-state index contributed by atoms with van der Waals surface area (Å²) < 4.78 is 14.7. The first-order chi connectivity index (χ1) is 7.30. The first-order valence-electron chi connectivity index (χ1n) is 5.78. The molecule has 0 heterocycles. The van der Waals surface area contributed by atoms with Crippen LogP contribution in [0.1, 0.15) is 40.6 Å². The lowest BCUT2D eigenvalue weighted by Crippen LogP contribution is -1.86. The van der Waals surface area contributed by atoms with Crippen molar-refractivity contribution in [2.45, 2.75) is 26.7 Å². The van der Waals surface area contributed by atoms with Crippen LogP contribution in [-0.4, -0.2) is 5.83 Å². The quantitative estimate of drug-likeness (QED) is 0.647. The maximum Gasteiger partial charge on any atom is 0.0482 e. The molecule has 0 saturated carbocycles. The predicted octanol–water partition coefficient (Wildman–Crippen LogP) is 4.45. The fraction of sp³-hybridized carbons (Fsp3) is 0.385. The van der Waals surface area contributed by atoms with E-state index in [2.05, 4.69) is 26.0 Å². The fourth-order valence-corrected chi connectivity index (χ4v) is 1.31. The van der Waals surface area contributed by atoms with Gasteiger partial charge in [0.25, 0.3) is 0 Å². The Balaban J connectivity index is 2.92. The highest BCUT2D eigenvalue weighted by Gasteiger charge is 1.97. The van der Waals surface area contributed by atoms with Crippen LogP contribution in [0.3, 0.4) is 0 Å². The van der Waals surface area contributed by atoms with Crippen LogP contribution < -0.4 is 0 Å². The Morgan fingerprint density at radius 2 is 2.00 bits per heavy atom. The maximum absolute atomic E-state index is 7.36. The molecule has 1 rings (SSSR count). The minimum atomic E-state index is -1.77. The Morgan fingerprint density at radius 3 is 2.43 bits per heavy atom. The third-order valence-electron chi connectivity index (χ3n) is 2.14. The van der Waals surface area contributed by atoms with Crippen molar-refractivity contribution in [1.29, 1.82) is 0 Å². The number of allylic oxidation sites excluding steroid dienone is 1. The molecule has 0 atom stereocenters. The van der Waals surface area contributed by atoms with Crippen molar-refractivity contribution in [2.75, 3.05) is 5.83 Å². The van der Waals surface area contributed by atoms with Crippen LogP contribution in [0.5, 0.6) is 0 Å². The monoisotopic (exact) mass is 210 g/mol. The van der Waals surface area contributed by atoms with Crippen LogP contribution in [0.25, 0.3) is 6.08 Å². The molecule has 0 unspecified atom stereocenters.